The van der Waals surface area contributed by atoms with Gasteiger partial charge in [0.2, 0.25) is 5.91 Å². The number of nitrogens with two attached hydrogens (primary N) is 2. The number of amides is 2. The molecule has 0 fully saturated rings. The largest absolute Gasteiger partial charge is 0.481 e. The first-order valence-electron chi connectivity index (χ1n) is 8.63. The zero-order valence-corrected chi connectivity index (χ0v) is 17.3. The van der Waals surface area contributed by atoms with E-state index in [1.807, 2.05) is 0 Å². The molecular weight excluding hydrogens is 430 g/mol. The van der Waals surface area contributed by atoms with Crippen molar-refractivity contribution in [3.8, 4) is 0 Å². The number of nitrogens with zero attached hydrogens (tertiary/aromatic N) is 1. The first-order chi connectivity index (χ1) is 14.2. The van der Waals surface area contributed by atoms with Gasteiger partial charge in [-0.05, 0) is 42.0 Å². The Morgan fingerprint density at radius 3 is 2.57 bits per heavy atom. The van der Waals surface area contributed by atoms with E-state index < -0.39 is 23.8 Å². The van der Waals surface area contributed by atoms with Crippen LogP contribution in [-0.2, 0) is 9.59 Å². The number of hydrogen-bond acceptors (Lipinski definition) is 5. The number of carbonyl (C=O) groups excluding carboxylic acids is 2. The van der Waals surface area contributed by atoms with E-state index in [-0.39, 0.29) is 24.5 Å². The number of carboxylic acid groups (broad SMARTS) is 1. The molecule has 1 atom stereocenters. The number of carbonyl (C=O) groups is 3. The average molecular weight is 450 g/mol. The molecule has 0 aliphatic carbocycles. The number of thiol groups is 1. The van der Waals surface area contributed by atoms with Crippen LogP contribution in [0.2, 0.25) is 5.02 Å². The molecule has 2 aromatic carbocycles. The molecular formula is C19H20ClN5O4S. The third-order valence-corrected chi connectivity index (χ3v) is 4.50. The number of guanidine groups is 1. The topological polar surface area (TPSA) is 160 Å². The minimum atomic E-state index is -1.12. The summed E-state index contributed by atoms with van der Waals surface area (Å²) in [5.74, 6) is -2.37. The third-order valence-electron chi connectivity index (χ3n) is 3.86. The summed E-state index contributed by atoms with van der Waals surface area (Å²) in [6.07, 6.45) is -0.381. The number of aliphatic carboxylic acids is 1. The first kappa shape index (κ1) is 23.0. The normalized spacial score (nSPS) is 11.3. The number of benzene rings is 2. The Balaban J connectivity index is 2.05. The van der Waals surface area contributed by atoms with Gasteiger partial charge in [0.15, 0.2) is 5.96 Å². The second-order valence-corrected chi connectivity index (χ2v) is 7.11. The van der Waals surface area contributed by atoms with Crippen LogP contribution in [0.4, 0.5) is 5.69 Å². The number of nitrogens with one attached hydrogen (secondary N) is 2. The summed E-state index contributed by atoms with van der Waals surface area (Å²) in [6.45, 7) is -0.371. The lowest BCUT2D eigenvalue weighted by molar-refractivity contribution is -0.137. The monoisotopic (exact) mass is 449 g/mol. The number of aliphatic imine (C=N–C) groups is 1. The molecule has 2 rings (SSSR count). The maximum Gasteiger partial charge on any atom is 0.305 e. The number of carboxylic acids is 1. The van der Waals surface area contributed by atoms with Crippen molar-refractivity contribution in [2.45, 2.75) is 17.4 Å². The van der Waals surface area contributed by atoms with Crippen molar-refractivity contribution in [1.82, 2.24) is 10.6 Å². The van der Waals surface area contributed by atoms with E-state index in [4.69, 9.17) is 28.2 Å². The van der Waals surface area contributed by atoms with Crippen molar-refractivity contribution >= 4 is 53.7 Å². The second kappa shape index (κ2) is 10.5. The lowest BCUT2D eigenvalue weighted by Crippen LogP contribution is -2.39. The summed E-state index contributed by atoms with van der Waals surface area (Å²) in [4.78, 5) is 40.2. The fourth-order valence-corrected chi connectivity index (χ4v) is 3.07. The Labute approximate surface area is 182 Å². The highest BCUT2D eigenvalue weighted by Gasteiger charge is 2.21. The van der Waals surface area contributed by atoms with Gasteiger partial charge in [0.25, 0.3) is 5.91 Å². The SMILES string of the molecule is NC(N)=Nc1cccc(C(=O)NCC(=O)NC(CC(=O)O)c2cc(Cl)ccc2S)c1. The van der Waals surface area contributed by atoms with E-state index in [1.54, 1.807) is 24.3 Å². The highest BCUT2D eigenvalue weighted by Crippen LogP contribution is 2.27. The predicted octanol–water partition coefficient (Wildman–Crippen LogP) is 1.60. The van der Waals surface area contributed by atoms with E-state index in [0.29, 0.717) is 21.2 Å². The van der Waals surface area contributed by atoms with E-state index in [9.17, 15) is 14.4 Å². The van der Waals surface area contributed by atoms with Gasteiger partial charge in [0.1, 0.15) is 0 Å². The summed E-state index contributed by atoms with van der Waals surface area (Å²) < 4.78 is 0. The molecule has 30 heavy (non-hydrogen) atoms. The fourth-order valence-electron chi connectivity index (χ4n) is 2.59. The fraction of sp³-hybridized carbons (Fsp3) is 0.158. The molecule has 1 unspecified atom stereocenters. The van der Waals surface area contributed by atoms with Crippen LogP contribution in [-0.4, -0.2) is 35.4 Å². The Morgan fingerprint density at radius 1 is 1.17 bits per heavy atom. The maximum absolute atomic E-state index is 12.3. The molecule has 2 aromatic rings. The highest BCUT2D eigenvalue weighted by atomic mass is 35.5. The molecule has 0 heterocycles. The standard InChI is InChI=1S/C19H20ClN5O4S/c20-11-4-5-15(30)13(7-11)14(8-17(27)28)25-16(26)9-23-18(29)10-2-1-3-12(6-10)24-19(21)22/h1-7,14,30H,8-9H2,(H,23,29)(H,25,26)(H,27,28)(H4,21,22,24). The van der Waals surface area contributed by atoms with Crippen molar-refractivity contribution in [3.63, 3.8) is 0 Å². The molecule has 7 N–H and O–H groups in total. The molecule has 0 aromatic heterocycles. The van der Waals surface area contributed by atoms with E-state index in [1.165, 1.54) is 18.2 Å². The average Bonchev–Trinajstić information content (AvgIpc) is 2.67. The van der Waals surface area contributed by atoms with Crippen molar-refractivity contribution in [1.29, 1.82) is 0 Å². The van der Waals surface area contributed by atoms with Crippen LogP contribution < -0.4 is 22.1 Å². The molecule has 0 saturated heterocycles. The van der Waals surface area contributed by atoms with Crippen molar-refractivity contribution in [2.24, 2.45) is 16.5 Å². The molecule has 0 spiro atoms. The number of halogens is 1. The van der Waals surface area contributed by atoms with E-state index >= 15 is 0 Å². The Kier molecular flexibility index (Phi) is 8.07. The number of hydrogen-bond donors (Lipinski definition) is 6. The lowest BCUT2D eigenvalue weighted by atomic mass is 10.0. The van der Waals surface area contributed by atoms with Crippen LogP contribution in [0.1, 0.15) is 28.4 Å². The van der Waals surface area contributed by atoms with Crippen molar-refractivity contribution < 1.29 is 19.5 Å². The van der Waals surface area contributed by atoms with E-state index in [2.05, 4.69) is 28.3 Å². The van der Waals surface area contributed by atoms with Gasteiger partial charge in [-0.3, -0.25) is 14.4 Å². The summed E-state index contributed by atoms with van der Waals surface area (Å²) in [6, 6.07) is 10.1. The summed E-state index contributed by atoms with van der Waals surface area (Å²) in [5.41, 5.74) is 11.7. The summed E-state index contributed by atoms with van der Waals surface area (Å²) in [7, 11) is 0. The smallest absolute Gasteiger partial charge is 0.305 e. The van der Waals surface area contributed by atoms with Crippen molar-refractivity contribution in [3.05, 3.63) is 58.6 Å². The minimum absolute atomic E-state index is 0.152. The first-order valence-corrected chi connectivity index (χ1v) is 9.45. The molecule has 0 aliphatic rings. The quantitative estimate of drug-likeness (QED) is 0.204. The van der Waals surface area contributed by atoms with Crippen LogP contribution in [0, 0.1) is 0 Å². The van der Waals surface area contributed by atoms with Gasteiger partial charge in [-0.25, -0.2) is 4.99 Å². The number of rotatable bonds is 8. The van der Waals surface area contributed by atoms with Gasteiger partial charge in [-0.2, -0.15) is 0 Å². The third kappa shape index (κ3) is 6.98. The van der Waals surface area contributed by atoms with Crippen molar-refractivity contribution in [2.75, 3.05) is 6.54 Å². The maximum atomic E-state index is 12.3. The molecule has 0 aliphatic heterocycles. The summed E-state index contributed by atoms with van der Waals surface area (Å²) in [5, 5.41) is 14.6. The molecule has 0 saturated carbocycles. The second-order valence-electron chi connectivity index (χ2n) is 6.19. The molecule has 11 heteroatoms. The zero-order valence-electron chi connectivity index (χ0n) is 15.6. The lowest BCUT2D eigenvalue weighted by Gasteiger charge is -2.19. The van der Waals surface area contributed by atoms with Crippen LogP contribution in [0.15, 0.2) is 52.4 Å². The highest BCUT2D eigenvalue weighted by molar-refractivity contribution is 7.80. The van der Waals surface area contributed by atoms with Gasteiger partial charge >= 0.3 is 5.97 Å². The molecule has 2 amide bonds. The van der Waals surface area contributed by atoms with Crippen LogP contribution in [0.25, 0.3) is 0 Å². The van der Waals surface area contributed by atoms with Gasteiger partial charge in [0, 0.05) is 15.5 Å². The Hall–Kier alpha value is -3.24. The molecule has 9 nitrogen and oxygen atoms in total. The molecule has 0 bridgehead atoms. The van der Waals surface area contributed by atoms with Crippen LogP contribution >= 0.6 is 24.2 Å². The van der Waals surface area contributed by atoms with Gasteiger partial charge in [0.05, 0.1) is 24.7 Å². The van der Waals surface area contributed by atoms with Crippen LogP contribution in [0.5, 0.6) is 0 Å². The summed E-state index contributed by atoms with van der Waals surface area (Å²) >= 11 is 10.3. The van der Waals surface area contributed by atoms with E-state index in [0.717, 1.165) is 0 Å². The molecule has 158 valence electrons. The van der Waals surface area contributed by atoms with Gasteiger partial charge in [-0.15, -0.1) is 12.6 Å². The Bertz CT molecular complexity index is 995. The zero-order chi connectivity index (χ0) is 22.3. The minimum Gasteiger partial charge on any atom is -0.481 e. The van der Waals surface area contributed by atoms with Gasteiger partial charge < -0.3 is 27.2 Å². The van der Waals surface area contributed by atoms with Gasteiger partial charge in [-0.1, -0.05) is 17.7 Å². The Morgan fingerprint density at radius 2 is 1.90 bits per heavy atom. The predicted molar refractivity (Wildman–Crippen MR) is 116 cm³/mol. The molecule has 0 radical (unpaired) electrons. The van der Waals surface area contributed by atoms with Crippen LogP contribution in [0.3, 0.4) is 0 Å².